The molecule has 2 aliphatic rings. The Morgan fingerprint density at radius 3 is 2.58 bits per heavy atom. The molecular formula is C27H35NO3. The standard InChI is InChI=1S/C27H35NO3/c1-7-30-25(29)11-9-19-15-20-21(16-28(6)17-24(20)31-19)18-8-10-22-23(14-18)27(4,5)13-12-26(22,2)3/h8-11,14-15,21H,7,12-13,16-17H2,1-6H3. The van der Waals surface area contributed by atoms with Gasteiger partial charge >= 0.3 is 5.97 Å². The number of rotatable bonds is 4. The maximum atomic E-state index is 11.7. The Kier molecular flexibility index (Phi) is 5.63. The van der Waals surface area contributed by atoms with E-state index in [1.807, 2.05) is 0 Å². The van der Waals surface area contributed by atoms with Gasteiger partial charge in [0.05, 0.1) is 13.2 Å². The minimum absolute atomic E-state index is 0.189. The Labute approximate surface area is 186 Å². The molecule has 1 aliphatic carbocycles. The minimum Gasteiger partial charge on any atom is -0.463 e. The Morgan fingerprint density at radius 1 is 1.16 bits per heavy atom. The van der Waals surface area contributed by atoms with Gasteiger partial charge in [-0.2, -0.15) is 0 Å². The minimum atomic E-state index is -0.343. The summed E-state index contributed by atoms with van der Waals surface area (Å²) in [7, 11) is 2.14. The highest BCUT2D eigenvalue weighted by atomic mass is 16.5. The Balaban J connectivity index is 1.71. The summed E-state index contributed by atoms with van der Waals surface area (Å²) < 4.78 is 11.1. The molecule has 0 amide bonds. The first-order valence-electron chi connectivity index (χ1n) is 11.4. The number of nitrogens with zero attached hydrogens (tertiary/aromatic N) is 1. The average Bonchev–Trinajstić information content (AvgIpc) is 3.12. The van der Waals surface area contributed by atoms with Crippen LogP contribution in [0.1, 0.15) is 87.2 Å². The van der Waals surface area contributed by atoms with Crippen LogP contribution in [-0.4, -0.2) is 31.1 Å². The molecule has 0 saturated heterocycles. The fourth-order valence-corrected chi connectivity index (χ4v) is 5.13. The van der Waals surface area contributed by atoms with Crippen LogP contribution in [0.5, 0.6) is 0 Å². The van der Waals surface area contributed by atoms with Crippen LogP contribution in [0.15, 0.2) is 34.8 Å². The van der Waals surface area contributed by atoms with Crippen LogP contribution >= 0.6 is 0 Å². The number of esters is 1. The SMILES string of the molecule is CCOC(=O)C=Cc1cc2c(o1)CN(C)CC2c1ccc2c(c1)C(C)(C)CCC2(C)C. The summed E-state index contributed by atoms with van der Waals surface area (Å²) in [4.78, 5) is 14.0. The van der Waals surface area contributed by atoms with E-state index < -0.39 is 0 Å². The predicted molar refractivity (Wildman–Crippen MR) is 124 cm³/mol. The molecule has 2 heterocycles. The van der Waals surface area contributed by atoms with E-state index in [0.717, 1.165) is 18.8 Å². The van der Waals surface area contributed by atoms with Crippen molar-refractivity contribution in [2.45, 2.75) is 70.8 Å². The second-order valence-corrected chi connectivity index (χ2v) is 10.4. The molecule has 166 valence electrons. The first kappa shape index (κ1) is 21.9. The average molecular weight is 422 g/mol. The fourth-order valence-electron chi connectivity index (χ4n) is 5.13. The summed E-state index contributed by atoms with van der Waals surface area (Å²) in [6.45, 7) is 13.4. The van der Waals surface area contributed by atoms with Crippen LogP contribution in [0, 0.1) is 0 Å². The molecule has 4 rings (SSSR count). The van der Waals surface area contributed by atoms with E-state index in [1.54, 1.807) is 13.0 Å². The Bertz CT molecular complexity index is 1010. The lowest BCUT2D eigenvalue weighted by atomic mass is 9.62. The lowest BCUT2D eigenvalue weighted by Crippen LogP contribution is -2.34. The normalized spacial score (nSPS) is 22.2. The topological polar surface area (TPSA) is 42.7 Å². The van der Waals surface area contributed by atoms with Crippen LogP contribution in [-0.2, 0) is 26.9 Å². The van der Waals surface area contributed by atoms with Gasteiger partial charge in [0.1, 0.15) is 11.5 Å². The van der Waals surface area contributed by atoms with Gasteiger partial charge in [0.25, 0.3) is 0 Å². The predicted octanol–water partition coefficient (Wildman–Crippen LogP) is 5.78. The van der Waals surface area contributed by atoms with Crippen LogP contribution in [0.3, 0.4) is 0 Å². The summed E-state index contributed by atoms with van der Waals surface area (Å²) in [5.74, 6) is 1.61. The van der Waals surface area contributed by atoms with Crippen molar-refractivity contribution in [3.63, 3.8) is 0 Å². The van der Waals surface area contributed by atoms with E-state index >= 15 is 0 Å². The largest absolute Gasteiger partial charge is 0.463 e. The van der Waals surface area contributed by atoms with Crippen molar-refractivity contribution in [3.8, 4) is 0 Å². The van der Waals surface area contributed by atoms with Gasteiger partial charge in [-0.1, -0.05) is 45.9 Å². The molecule has 31 heavy (non-hydrogen) atoms. The second kappa shape index (κ2) is 7.98. The maximum Gasteiger partial charge on any atom is 0.330 e. The monoisotopic (exact) mass is 421 g/mol. The highest BCUT2D eigenvalue weighted by Gasteiger charge is 2.38. The van der Waals surface area contributed by atoms with Gasteiger partial charge in [-0.25, -0.2) is 4.79 Å². The molecule has 0 spiro atoms. The molecule has 0 saturated carbocycles. The van der Waals surface area contributed by atoms with Crippen molar-refractivity contribution in [2.75, 3.05) is 20.2 Å². The van der Waals surface area contributed by atoms with Crippen molar-refractivity contribution in [1.29, 1.82) is 0 Å². The van der Waals surface area contributed by atoms with E-state index in [2.05, 4.69) is 63.9 Å². The van der Waals surface area contributed by atoms with Gasteiger partial charge < -0.3 is 9.15 Å². The first-order valence-corrected chi connectivity index (χ1v) is 11.4. The van der Waals surface area contributed by atoms with Gasteiger partial charge in [-0.15, -0.1) is 0 Å². The van der Waals surface area contributed by atoms with Gasteiger partial charge in [0.2, 0.25) is 0 Å². The molecular weight excluding hydrogens is 386 g/mol. The number of fused-ring (bicyclic) bond motifs is 2. The van der Waals surface area contributed by atoms with Crippen LogP contribution in [0.2, 0.25) is 0 Å². The molecule has 1 atom stereocenters. The van der Waals surface area contributed by atoms with Crippen molar-refractivity contribution in [1.82, 2.24) is 4.90 Å². The molecule has 0 fully saturated rings. The summed E-state index contributed by atoms with van der Waals surface area (Å²) in [6, 6.07) is 9.22. The molecule has 1 aromatic carbocycles. The Morgan fingerprint density at radius 2 is 1.87 bits per heavy atom. The van der Waals surface area contributed by atoms with Crippen LogP contribution in [0.4, 0.5) is 0 Å². The smallest absolute Gasteiger partial charge is 0.330 e. The number of likely N-dealkylation sites (N-methyl/N-ethyl adjacent to an activating group) is 1. The van der Waals surface area contributed by atoms with Gasteiger partial charge in [-0.3, -0.25) is 4.90 Å². The number of hydrogen-bond donors (Lipinski definition) is 0. The Hall–Kier alpha value is -2.33. The summed E-state index contributed by atoms with van der Waals surface area (Å²) in [5.41, 5.74) is 5.96. The number of ether oxygens (including phenoxy) is 1. The maximum absolute atomic E-state index is 11.7. The van der Waals surface area contributed by atoms with Gasteiger partial charge in [0, 0.05) is 24.1 Å². The highest BCUT2D eigenvalue weighted by molar-refractivity contribution is 5.86. The van der Waals surface area contributed by atoms with Crippen molar-refractivity contribution < 1.29 is 13.9 Å². The molecule has 4 heteroatoms. The summed E-state index contributed by atoms with van der Waals surface area (Å²) in [5, 5.41) is 0. The summed E-state index contributed by atoms with van der Waals surface area (Å²) in [6.07, 6.45) is 5.59. The molecule has 1 unspecified atom stereocenters. The lowest BCUT2D eigenvalue weighted by Gasteiger charge is -2.42. The van der Waals surface area contributed by atoms with E-state index in [-0.39, 0.29) is 22.7 Å². The third kappa shape index (κ3) is 4.23. The number of benzene rings is 1. The number of carbonyl (C=O) groups excluding carboxylic acids is 1. The van der Waals surface area contributed by atoms with Crippen molar-refractivity contribution in [3.05, 3.63) is 64.1 Å². The number of hydrogen-bond acceptors (Lipinski definition) is 4. The van der Waals surface area contributed by atoms with E-state index in [0.29, 0.717) is 12.4 Å². The second-order valence-electron chi connectivity index (χ2n) is 10.4. The molecule has 2 aromatic rings. The molecule has 1 aromatic heterocycles. The number of carbonyl (C=O) groups is 1. The molecule has 4 nitrogen and oxygen atoms in total. The van der Waals surface area contributed by atoms with Crippen LogP contribution < -0.4 is 0 Å². The molecule has 0 radical (unpaired) electrons. The van der Waals surface area contributed by atoms with Crippen LogP contribution in [0.25, 0.3) is 6.08 Å². The van der Waals surface area contributed by atoms with Crippen molar-refractivity contribution >= 4 is 12.0 Å². The van der Waals surface area contributed by atoms with Crippen molar-refractivity contribution in [2.24, 2.45) is 0 Å². The van der Waals surface area contributed by atoms with E-state index in [9.17, 15) is 4.79 Å². The third-order valence-corrected chi connectivity index (χ3v) is 7.09. The van der Waals surface area contributed by atoms with E-state index in [1.165, 1.54) is 41.2 Å². The zero-order chi connectivity index (χ0) is 22.4. The zero-order valence-corrected chi connectivity index (χ0v) is 19.7. The fraction of sp³-hybridized carbons (Fsp3) is 0.519. The third-order valence-electron chi connectivity index (χ3n) is 7.09. The highest BCUT2D eigenvalue weighted by Crippen LogP contribution is 2.47. The van der Waals surface area contributed by atoms with Gasteiger partial charge in [0.15, 0.2) is 0 Å². The lowest BCUT2D eigenvalue weighted by molar-refractivity contribution is -0.137. The van der Waals surface area contributed by atoms with Gasteiger partial charge in [-0.05, 0) is 66.5 Å². The molecule has 0 N–H and O–H groups in total. The quantitative estimate of drug-likeness (QED) is 0.463. The molecule has 1 aliphatic heterocycles. The molecule has 0 bridgehead atoms. The number of furan rings is 1. The van der Waals surface area contributed by atoms with E-state index in [4.69, 9.17) is 9.15 Å². The first-order chi connectivity index (χ1) is 14.6. The summed E-state index contributed by atoms with van der Waals surface area (Å²) >= 11 is 0. The zero-order valence-electron chi connectivity index (χ0n) is 19.7.